The highest BCUT2D eigenvalue weighted by Crippen LogP contribution is 2.34. The predicted octanol–water partition coefficient (Wildman–Crippen LogP) is 3.03. The number of rotatable bonds is 8. The first kappa shape index (κ1) is 16.2. The number of anilines is 1. The van der Waals surface area contributed by atoms with E-state index >= 15 is 0 Å². The van der Waals surface area contributed by atoms with Gasteiger partial charge in [-0.05, 0) is 62.5 Å². The average molecular weight is 318 g/mol. The van der Waals surface area contributed by atoms with Crippen molar-refractivity contribution >= 4 is 11.8 Å². The molecule has 0 bridgehead atoms. The molecule has 23 heavy (non-hydrogen) atoms. The second-order valence-corrected chi connectivity index (χ2v) is 6.71. The monoisotopic (exact) mass is 318 g/mol. The molecule has 1 aromatic heterocycles. The Bertz CT molecular complexity index is 541. The molecule has 5 nitrogen and oxygen atoms in total. The van der Waals surface area contributed by atoms with E-state index in [2.05, 4.69) is 17.4 Å². The first-order chi connectivity index (χ1) is 11.2. The number of fused-ring (bicyclic) bond motifs is 1. The van der Waals surface area contributed by atoms with Gasteiger partial charge in [0.25, 0.3) is 0 Å². The summed E-state index contributed by atoms with van der Waals surface area (Å²) in [6, 6.07) is 4.39. The van der Waals surface area contributed by atoms with Crippen LogP contribution in [0.4, 0.5) is 5.82 Å². The van der Waals surface area contributed by atoms with Crippen molar-refractivity contribution in [3.8, 4) is 0 Å². The minimum absolute atomic E-state index is 0.203. The van der Waals surface area contributed by atoms with Gasteiger partial charge in [-0.1, -0.05) is 6.07 Å². The molecule has 2 N–H and O–H groups in total. The molecule has 0 radical (unpaired) electrons. The van der Waals surface area contributed by atoms with Gasteiger partial charge in [-0.2, -0.15) is 0 Å². The Kier molecular flexibility index (Phi) is 5.49. The number of carboxylic acids is 1. The maximum absolute atomic E-state index is 10.4. The normalized spacial score (nSPS) is 22.8. The zero-order chi connectivity index (χ0) is 16.1. The molecule has 2 heterocycles. The fourth-order valence-electron chi connectivity index (χ4n) is 3.38. The molecule has 0 amide bonds. The van der Waals surface area contributed by atoms with Gasteiger partial charge in [-0.15, -0.1) is 0 Å². The van der Waals surface area contributed by atoms with E-state index in [9.17, 15) is 4.79 Å². The van der Waals surface area contributed by atoms with E-state index in [0.717, 1.165) is 44.0 Å². The number of ether oxygens (including phenoxy) is 1. The smallest absolute Gasteiger partial charge is 0.303 e. The number of nitrogens with one attached hydrogen (secondary N) is 1. The highest BCUT2D eigenvalue weighted by atomic mass is 16.5. The third kappa shape index (κ3) is 4.67. The van der Waals surface area contributed by atoms with Crippen molar-refractivity contribution in [1.29, 1.82) is 0 Å². The van der Waals surface area contributed by atoms with Gasteiger partial charge in [-0.25, -0.2) is 4.98 Å². The summed E-state index contributed by atoms with van der Waals surface area (Å²) in [5.41, 5.74) is 2.53. The number of hydrogen-bond donors (Lipinski definition) is 2. The van der Waals surface area contributed by atoms with Gasteiger partial charge in [0.2, 0.25) is 0 Å². The molecule has 0 unspecified atom stereocenters. The average Bonchev–Trinajstić information content (AvgIpc) is 2.51. The lowest BCUT2D eigenvalue weighted by molar-refractivity contribution is -0.137. The number of hydrogen-bond acceptors (Lipinski definition) is 4. The number of pyridine rings is 1. The highest BCUT2D eigenvalue weighted by Gasteiger charge is 2.29. The van der Waals surface area contributed by atoms with Gasteiger partial charge in [0.15, 0.2) is 0 Å². The van der Waals surface area contributed by atoms with Crippen LogP contribution in [-0.4, -0.2) is 35.3 Å². The summed E-state index contributed by atoms with van der Waals surface area (Å²) in [6.45, 7) is 1.61. The van der Waals surface area contributed by atoms with Gasteiger partial charge in [0.05, 0.1) is 6.10 Å². The molecule has 0 saturated heterocycles. The Morgan fingerprint density at radius 2 is 2.26 bits per heavy atom. The standard InChI is InChI=1S/C18H26N2O3/c21-17(22)4-2-10-23-16-11-13(12-16)5-7-15-8-6-14-3-1-9-19-18(14)20-15/h6,8,13,16H,1-5,7,9-12H2,(H,19,20)(H,21,22). The minimum Gasteiger partial charge on any atom is -0.481 e. The van der Waals surface area contributed by atoms with Gasteiger partial charge < -0.3 is 15.2 Å². The first-order valence-corrected chi connectivity index (χ1v) is 8.77. The molecule has 3 rings (SSSR count). The highest BCUT2D eigenvalue weighted by molar-refractivity contribution is 5.66. The Balaban J connectivity index is 1.32. The quantitative estimate of drug-likeness (QED) is 0.721. The molecule has 2 aliphatic rings. The SMILES string of the molecule is O=C(O)CCCOC1CC(CCc2ccc3c(n2)NCCC3)C1. The molecule has 0 aromatic carbocycles. The number of aromatic nitrogens is 1. The van der Waals surface area contributed by atoms with E-state index in [1.165, 1.54) is 24.1 Å². The van der Waals surface area contributed by atoms with Crippen LogP contribution in [0.15, 0.2) is 12.1 Å². The summed E-state index contributed by atoms with van der Waals surface area (Å²) in [5, 5.41) is 12.0. The van der Waals surface area contributed by atoms with E-state index in [1.54, 1.807) is 0 Å². The Labute approximate surface area is 137 Å². The molecule has 0 spiro atoms. The summed E-state index contributed by atoms with van der Waals surface area (Å²) < 4.78 is 5.70. The van der Waals surface area contributed by atoms with Gasteiger partial charge in [0.1, 0.15) is 5.82 Å². The Morgan fingerprint density at radius 1 is 1.39 bits per heavy atom. The zero-order valence-electron chi connectivity index (χ0n) is 13.6. The molecule has 1 saturated carbocycles. The van der Waals surface area contributed by atoms with E-state index < -0.39 is 5.97 Å². The lowest BCUT2D eigenvalue weighted by Gasteiger charge is -2.35. The third-order valence-corrected chi connectivity index (χ3v) is 4.84. The molecule has 126 valence electrons. The van der Waals surface area contributed by atoms with Crippen molar-refractivity contribution in [2.24, 2.45) is 5.92 Å². The van der Waals surface area contributed by atoms with Crippen molar-refractivity contribution in [2.75, 3.05) is 18.5 Å². The number of aryl methyl sites for hydroxylation is 2. The molecule has 1 aromatic rings. The number of carbonyl (C=O) groups is 1. The Morgan fingerprint density at radius 3 is 3.09 bits per heavy atom. The van der Waals surface area contributed by atoms with Crippen molar-refractivity contribution in [3.05, 3.63) is 23.4 Å². The topological polar surface area (TPSA) is 71.5 Å². The van der Waals surface area contributed by atoms with E-state index in [0.29, 0.717) is 19.1 Å². The maximum Gasteiger partial charge on any atom is 0.303 e. The summed E-state index contributed by atoms with van der Waals surface area (Å²) in [6.07, 6.45) is 7.91. The maximum atomic E-state index is 10.4. The predicted molar refractivity (Wildman–Crippen MR) is 88.7 cm³/mol. The number of aliphatic carboxylic acids is 1. The van der Waals surface area contributed by atoms with Crippen LogP contribution in [0.2, 0.25) is 0 Å². The van der Waals surface area contributed by atoms with Crippen LogP contribution in [0.1, 0.15) is 49.8 Å². The molecule has 5 heteroatoms. The van der Waals surface area contributed by atoms with Crippen LogP contribution in [0.5, 0.6) is 0 Å². The summed E-state index contributed by atoms with van der Waals surface area (Å²) in [4.78, 5) is 15.2. The van der Waals surface area contributed by atoms with Crippen molar-refractivity contribution in [1.82, 2.24) is 4.98 Å². The molecule has 1 aliphatic carbocycles. The Hall–Kier alpha value is -1.62. The molecule has 0 atom stereocenters. The van der Waals surface area contributed by atoms with Crippen molar-refractivity contribution < 1.29 is 14.6 Å². The molecule has 1 fully saturated rings. The van der Waals surface area contributed by atoms with Crippen LogP contribution < -0.4 is 5.32 Å². The van der Waals surface area contributed by atoms with E-state index in [4.69, 9.17) is 14.8 Å². The summed E-state index contributed by atoms with van der Waals surface area (Å²) in [5.74, 6) is 1.07. The summed E-state index contributed by atoms with van der Waals surface area (Å²) >= 11 is 0. The van der Waals surface area contributed by atoms with Gasteiger partial charge in [-0.3, -0.25) is 4.79 Å². The largest absolute Gasteiger partial charge is 0.481 e. The zero-order valence-corrected chi connectivity index (χ0v) is 13.6. The minimum atomic E-state index is -0.743. The van der Waals surface area contributed by atoms with Gasteiger partial charge in [0, 0.05) is 25.3 Å². The van der Waals surface area contributed by atoms with E-state index in [1.807, 2.05) is 0 Å². The lowest BCUT2D eigenvalue weighted by atomic mass is 9.79. The molecular formula is C18H26N2O3. The van der Waals surface area contributed by atoms with Crippen LogP contribution in [0.3, 0.4) is 0 Å². The number of nitrogens with zero attached hydrogens (tertiary/aromatic N) is 1. The fraction of sp³-hybridized carbons (Fsp3) is 0.667. The number of carboxylic acid groups (broad SMARTS) is 1. The molecular weight excluding hydrogens is 292 g/mol. The van der Waals surface area contributed by atoms with E-state index in [-0.39, 0.29) is 6.42 Å². The van der Waals surface area contributed by atoms with Crippen LogP contribution in [0, 0.1) is 5.92 Å². The van der Waals surface area contributed by atoms with Crippen molar-refractivity contribution in [3.63, 3.8) is 0 Å². The fourth-order valence-corrected chi connectivity index (χ4v) is 3.38. The van der Waals surface area contributed by atoms with Crippen LogP contribution in [-0.2, 0) is 22.4 Å². The summed E-state index contributed by atoms with van der Waals surface area (Å²) in [7, 11) is 0. The molecule has 1 aliphatic heterocycles. The van der Waals surface area contributed by atoms with Crippen molar-refractivity contribution in [2.45, 2.75) is 57.5 Å². The second-order valence-electron chi connectivity index (χ2n) is 6.71. The van der Waals surface area contributed by atoms with Gasteiger partial charge >= 0.3 is 5.97 Å². The first-order valence-electron chi connectivity index (χ1n) is 8.77. The van der Waals surface area contributed by atoms with Crippen LogP contribution in [0.25, 0.3) is 0 Å². The lowest BCUT2D eigenvalue weighted by Crippen LogP contribution is -2.32. The third-order valence-electron chi connectivity index (χ3n) is 4.84. The van der Waals surface area contributed by atoms with Crippen LogP contribution >= 0.6 is 0 Å². The second kappa shape index (κ2) is 7.77.